The third-order valence-electron chi connectivity index (χ3n) is 2.83. The van der Waals surface area contributed by atoms with Gasteiger partial charge in [0.25, 0.3) is 0 Å². The van der Waals surface area contributed by atoms with Crippen molar-refractivity contribution in [3.8, 4) is 0 Å². The van der Waals surface area contributed by atoms with Crippen LogP contribution in [0.25, 0.3) is 0 Å². The zero-order chi connectivity index (χ0) is 11.5. The standard InChI is InChI=1S/C12H13BrFNO/c13-6-9-5-12(16)15(7-9)8-10-3-1-2-4-11(10)14/h1-4,9H,5-8H2. The van der Waals surface area contributed by atoms with Gasteiger partial charge in [0, 0.05) is 30.4 Å². The highest BCUT2D eigenvalue weighted by atomic mass is 79.9. The molecule has 2 nitrogen and oxygen atoms in total. The first-order valence-corrected chi connectivity index (χ1v) is 6.40. The molecule has 0 aromatic heterocycles. The van der Waals surface area contributed by atoms with E-state index in [2.05, 4.69) is 15.9 Å². The van der Waals surface area contributed by atoms with Crippen molar-refractivity contribution in [2.45, 2.75) is 13.0 Å². The summed E-state index contributed by atoms with van der Waals surface area (Å²) in [5, 5.41) is 0.826. The van der Waals surface area contributed by atoms with Crippen LogP contribution >= 0.6 is 15.9 Å². The molecule has 16 heavy (non-hydrogen) atoms. The smallest absolute Gasteiger partial charge is 0.223 e. The van der Waals surface area contributed by atoms with Crippen LogP contribution < -0.4 is 0 Å². The molecule has 1 aromatic carbocycles. The summed E-state index contributed by atoms with van der Waals surface area (Å²) < 4.78 is 13.4. The van der Waals surface area contributed by atoms with Gasteiger partial charge >= 0.3 is 0 Å². The molecule has 4 heteroatoms. The molecule has 0 aliphatic carbocycles. The van der Waals surface area contributed by atoms with E-state index in [1.54, 1.807) is 23.1 Å². The number of halogens is 2. The molecule has 1 saturated heterocycles. The van der Waals surface area contributed by atoms with E-state index in [9.17, 15) is 9.18 Å². The Morgan fingerprint density at radius 3 is 2.81 bits per heavy atom. The average Bonchev–Trinajstić information content (AvgIpc) is 2.63. The molecule has 0 radical (unpaired) electrons. The number of nitrogens with zero attached hydrogens (tertiary/aromatic N) is 1. The fourth-order valence-electron chi connectivity index (χ4n) is 1.94. The summed E-state index contributed by atoms with van der Waals surface area (Å²) in [7, 11) is 0. The number of carbonyl (C=O) groups is 1. The number of rotatable bonds is 3. The van der Waals surface area contributed by atoms with Gasteiger partial charge in [-0.15, -0.1) is 0 Å². The molecule has 86 valence electrons. The molecule has 1 unspecified atom stereocenters. The predicted octanol–water partition coefficient (Wildman–Crippen LogP) is 2.57. The van der Waals surface area contributed by atoms with Gasteiger partial charge in [0.15, 0.2) is 0 Å². The SMILES string of the molecule is O=C1CC(CBr)CN1Cc1ccccc1F. The number of amides is 1. The lowest BCUT2D eigenvalue weighted by atomic mass is 10.1. The number of benzene rings is 1. The monoisotopic (exact) mass is 285 g/mol. The Kier molecular flexibility index (Phi) is 3.59. The van der Waals surface area contributed by atoms with Gasteiger partial charge in [-0.2, -0.15) is 0 Å². The Hall–Kier alpha value is -0.900. The highest BCUT2D eigenvalue weighted by molar-refractivity contribution is 9.09. The maximum absolute atomic E-state index is 13.4. The summed E-state index contributed by atoms with van der Waals surface area (Å²) >= 11 is 3.38. The van der Waals surface area contributed by atoms with E-state index in [1.807, 2.05) is 0 Å². The third kappa shape index (κ3) is 2.43. The summed E-state index contributed by atoms with van der Waals surface area (Å²) in [6, 6.07) is 6.61. The molecule has 2 rings (SSSR count). The summed E-state index contributed by atoms with van der Waals surface area (Å²) in [6.45, 7) is 1.10. The van der Waals surface area contributed by atoms with Crippen LogP contribution in [0.5, 0.6) is 0 Å². The number of hydrogen-bond donors (Lipinski definition) is 0. The highest BCUT2D eigenvalue weighted by Gasteiger charge is 2.28. The molecule has 1 fully saturated rings. The minimum absolute atomic E-state index is 0.118. The fourth-order valence-corrected chi connectivity index (χ4v) is 2.38. The molecule has 1 amide bonds. The van der Waals surface area contributed by atoms with Crippen LogP contribution in [0.15, 0.2) is 24.3 Å². The predicted molar refractivity (Wildman–Crippen MR) is 63.7 cm³/mol. The van der Waals surface area contributed by atoms with E-state index in [-0.39, 0.29) is 11.7 Å². The molecule has 0 spiro atoms. The first kappa shape index (κ1) is 11.6. The second-order valence-corrected chi connectivity index (χ2v) is 4.74. The molecule has 0 N–H and O–H groups in total. The van der Waals surface area contributed by atoms with Crippen LogP contribution in [0.4, 0.5) is 4.39 Å². The Morgan fingerprint density at radius 1 is 1.44 bits per heavy atom. The number of likely N-dealkylation sites (tertiary alicyclic amines) is 1. The third-order valence-corrected chi connectivity index (χ3v) is 3.75. The zero-order valence-corrected chi connectivity index (χ0v) is 10.4. The van der Waals surface area contributed by atoms with Crippen molar-refractivity contribution in [3.63, 3.8) is 0 Å². The minimum Gasteiger partial charge on any atom is -0.338 e. The Labute approximate surface area is 103 Å². The highest BCUT2D eigenvalue weighted by Crippen LogP contribution is 2.22. The summed E-state index contributed by atoms with van der Waals surface area (Å²) in [6.07, 6.45) is 0.569. The van der Waals surface area contributed by atoms with Gasteiger partial charge in [-0.25, -0.2) is 4.39 Å². The van der Waals surface area contributed by atoms with Gasteiger partial charge < -0.3 is 4.90 Å². The fraction of sp³-hybridized carbons (Fsp3) is 0.417. The number of carbonyl (C=O) groups excluding carboxylic acids is 1. The summed E-state index contributed by atoms with van der Waals surface area (Å²) in [5.41, 5.74) is 0.589. The van der Waals surface area contributed by atoms with E-state index in [0.717, 1.165) is 11.9 Å². The van der Waals surface area contributed by atoms with Crippen molar-refractivity contribution in [3.05, 3.63) is 35.6 Å². The second-order valence-electron chi connectivity index (χ2n) is 4.09. The lowest BCUT2D eigenvalue weighted by Crippen LogP contribution is -2.25. The summed E-state index contributed by atoms with van der Waals surface area (Å²) in [4.78, 5) is 13.4. The Balaban J connectivity index is 2.06. The molecule has 1 atom stereocenters. The Bertz CT molecular complexity index is 396. The zero-order valence-electron chi connectivity index (χ0n) is 8.83. The van der Waals surface area contributed by atoms with Gasteiger partial charge in [-0.05, 0) is 12.0 Å². The van der Waals surface area contributed by atoms with Crippen LogP contribution in [0.3, 0.4) is 0 Å². The Morgan fingerprint density at radius 2 is 2.19 bits per heavy atom. The molecular formula is C12H13BrFNO. The minimum atomic E-state index is -0.238. The van der Waals surface area contributed by atoms with Crippen LogP contribution in [0, 0.1) is 11.7 Å². The second kappa shape index (κ2) is 4.95. The van der Waals surface area contributed by atoms with E-state index in [1.165, 1.54) is 6.07 Å². The quantitative estimate of drug-likeness (QED) is 0.782. The topological polar surface area (TPSA) is 20.3 Å². The van der Waals surface area contributed by atoms with Crippen molar-refractivity contribution in [2.75, 3.05) is 11.9 Å². The van der Waals surface area contributed by atoms with Gasteiger partial charge in [-0.3, -0.25) is 4.79 Å². The first-order chi connectivity index (χ1) is 7.70. The number of hydrogen-bond acceptors (Lipinski definition) is 1. The number of alkyl halides is 1. The largest absolute Gasteiger partial charge is 0.338 e. The van der Waals surface area contributed by atoms with E-state index in [4.69, 9.17) is 0 Å². The lowest BCUT2D eigenvalue weighted by Gasteiger charge is -2.16. The van der Waals surface area contributed by atoms with Gasteiger partial charge in [0.05, 0.1) is 0 Å². The molecule has 1 heterocycles. The van der Waals surface area contributed by atoms with E-state index in [0.29, 0.717) is 24.4 Å². The maximum atomic E-state index is 13.4. The van der Waals surface area contributed by atoms with Crippen LogP contribution in [-0.2, 0) is 11.3 Å². The molecule has 0 saturated carbocycles. The molecule has 1 aliphatic heterocycles. The van der Waals surface area contributed by atoms with E-state index < -0.39 is 0 Å². The maximum Gasteiger partial charge on any atom is 0.223 e. The van der Waals surface area contributed by atoms with Crippen LogP contribution in [0.1, 0.15) is 12.0 Å². The van der Waals surface area contributed by atoms with Crippen LogP contribution in [-0.4, -0.2) is 22.7 Å². The normalized spacial score (nSPS) is 20.5. The molecule has 1 aliphatic rings. The molecule has 0 bridgehead atoms. The molecule has 1 aromatic rings. The van der Waals surface area contributed by atoms with E-state index >= 15 is 0 Å². The van der Waals surface area contributed by atoms with Crippen LogP contribution in [0.2, 0.25) is 0 Å². The summed E-state index contributed by atoms with van der Waals surface area (Å²) in [5.74, 6) is 0.240. The lowest BCUT2D eigenvalue weighted by molar-refractivity contribution is -0.128. The first-order valence-electron chi connectivity index (χ1n) is 5.28. The van der Waals surface area contributed by atoms with Crippen molar-refractivity contribution in [1.82, 2.24) is 4.90 Å². The van der Waals surface area contributed by atoms with Crippen molar-refractivity contribution in [2.24, 2.45) is 5.92 Å². The average molecular weight is 286 g/mol. The van der Waals surface area contributed by atoms with Gasteiger partial charge in [-0.1, -0.05) is 34.1 Å². The molecular weight excluding hydrogens is 273 g/mol. The van der Waals surface area contributed by atoms with Crippen molar-refractivity contribution in [1.29, 1.82) is 0 Å². The van der Waals surface area contributed by atoms with Crippen molar-refractivity contribution < 1.29 is 9.18 Å². The van der Waals surface area contributed by atoms with Crippen molar-refractivity contribution >= 4 is 21.8 Å². The van der Waals surface area contributed by atoms with Gasteiger partial charge in [0.2, 0.25) is 5.91 Å². The van der Waals surface area contributed by atoms with Gasteiger partial charge in [0.1, 0.15) is 5.82 Å².